The molecule has 0 spiro atoms. The van der Waals surface area contributed by atoms with Gasteiger partial charge in [-0.2, -0.15) is 16.1 Å². The van der Waals surface area contributed by atoms with E-state index in [2.05, 4.69) is 10.3 Å². The Hall–Kier alpha value is -0.630. The number of hydrogen-bond donors (Lipinski definition) is 1. The summed E-state index contributed by atoms with van der Waals surface area (Å²) < 4.78 is 25.7. The summed E-state index contributed by atoms with van der Waals surface area (Å²) in [6.45, 7) is 4.08. The molecule has 1 aromatic rings. The van der Waals surface area contributed by atoms with Crippen LogP contribution in [0, 0.1) is 0 Å². The lowest BCUT2D eigenvalue weighted by molar-refractivity contribution is 0.485. The van der Waals surface area contributed by atoms with Crippen LogP contribution in [0.5, 0.6) is 0 Å². The first kappa shape index (κ1) is 16.4. The zero-order valence-electron chi connectivity index (χ0n) is 11.6. The molecule has 0 radical (unpaired) electrons. The molecular weight excluding hydrogens is 282 g/mol. The molecule has 1 rings (SSSR count). The van der Waals surface area contributed by atoms with E-state index in [0.29, 0.717) is 13.1 Å². The van der Waals surface area contributed by atoms with Gasteiger partial charge in [0.25, 0.3) is 10.0 Å². The SMILES string of the molecule is CCNCc1ccc(S(=O)(=O)N(C)CCSC)nc1. The fraction of sp³-hybridized carbons (Fsp3) is 0.583. The average Bonchev–Trinajstić information content (AvgIpc) is 2.42. The number of aromatic nitrogens is 1. The lowest BCUT2D eigenvalue weighted by Gasteiger charge is -2.16. The van der Waals surface area contributed by atoms with E-state index in [9.17, 15) is 8.42 Å². The van der Waals surface area contributed by atoms with E-state index in [0.717, 1.165) is 17.9 Å². The van der Waals surface area contributed by atoms with Gasteiger partial charge in [0.2, 0.25) is 0 Å². The summed E-state index contributed by atoms with van der Waals surface area (Å²) in [4.78, 5) is 4.06. The third-order valence-corrected chi connectivity index (χ3v) is 5.03. The molecular formula is C12H21N3O2S2. The fourth-order valence-corrected chi connectivity index (χ4v) is 3.09. The highest BCUT2D eigenvalue weighted by molar-refractivity contribution is 7.98. The van der Waals surface area contributed by atoms with Crippen LogP contribution in [-0.4, -0.2) is 49.9 Å². The normalized spacial score (nSPS) is 12.0. The van der Waals surface area contributed by atoms with Gasteiger partial charge in [0.1, 0.15) is 0 Å². The maximum Gasteiger partial charge on any atom is 0.260 e. The number of nitrogens with one attached hydrogen (secondary N) is 1. The Morgan fingerprint density at radius 3 is 2.68 bits per heavy atom. The Morgan fingerprint density at radius 1 is 1.42 bits per heavy atom. The largest absolute Gasteiger partial charge is 0.313 e. The highest BCUT2D eigenvalue weighted by atomic mass is 32.2. The van der Waals surface area contributed by atoms with Crippen LogP contribution < -0.4 is 5.32 Å². The van der Waals surface area contributed by atoms with Gasteiger partial charge in [0.15, 0.2) is 5.03 Å². The maximum absolute atomic E-state index is 12.2. The topological polar surface area (TPSA) is 62.3 Å². The predicted octanol–water partition coefficient (Wildman–Crippen LogP) is 1.17. The van der Waals surface area contributed by atoms with Crippen LogP contribution in [-0.2, 0) is 16.6 Å². The zero-order valence-corrected chi connectivity index (χ0v) is 13.2. The standard InChI is InChI=1S/C12H21N3O2S2/c1-4-13-9-11-5-6-12(14-10-11)19(16,17)15(2)7-8-18-3/h5-6,10,13H,4,7-9H2,1-3H3. The van der Waals surface area contributed by atoms with Crippen LogP contribution in [0.15, 0.2) is 23.4 Å². The van der Waals surface area contributed by atoms with Crippen LogP contribution in [0.2, 0.25) is 0 Å². The molecule has 5 nitrogen and oxygen atoms in total. The second-order valence-electron chi connectivity index (χ2n) is 4.10. The van der Waals surface area contributed by atoms with E-state index in [4.69, 9.17) is 0 Å². The van der Waals surface area contributed by atoms with Crippen molar-refractivity contribution in [2.24, 2.45) is 0 Å². The average molecular weight is 303 g/mol. The minimum absolute atomic E-state index is 0.108. The summed E-state index contributed by atoms with van der Waals surface area (Å²) in [5.41, 5.74) is 0.979. The lowest BCUT2D eigenvalue weighted by Crippen LogP contribution is -2.29. The third-order valence-electron chi connectivity index (χ3n) is 2.66. The molecule has 0 amide bonds. The molecule has 0 atom stereocenters. The predicted molar refractivity (Wildman–Crippen MR) is 79.8 cm³/mol. The van der Waals surface area contributed by atoms with Gasteiger partial charge < -0.3 is 5.32 Å². The molecule has 0 bridgehead atoms. The van der Waals surface area contributed by atoms with Crippen molar-refractivity contribution in [3.63, 3.8) is 0 Å². The molecule has 0 saturated carbocycles. The molecule has 0 fully saturated rings. The van der Waals surface area contributed by atoms with E-state index in [1.54, 1.807) is 37.1 Å². The van der Waals surface area contributed by atoms with E-state index in [1.165, 1.54) is 4.31 Å². The molecule has 7 heteroatoms. The Bertz CT molecular complexity index is 474. The second kappa shape index (κ2) is 7.84. The van der Waals surface area contributed by atoms with Crippen molar-refractivity contribution in [3.8, 4) is 0 Å². The van der Waals surface area contributed by atoms with Crippen LogP contribution in [0.4, 0.5) is 0 Å². The lowest BCUT2D eigenvalue weighted by atomic mass is 10.3. The van der Waals surface area contributed by atoms with Crippen molar-refractivity contribution in [1.82, 2.24) is 14.6 Å². The molecule has 0 unspecified atom stereocenters. The van der Waals surface area contributed by atoms with Gasteiger partial charge in [-0.05, 0) is 24.4 Å². The highest BCUT2D eigenvalue weighted by Crippen LogP contribution is 2.12. The zero-order chi connectivity index (χ0) is 14.3. The van der Waals surface area contributed by atoms with Gasteiger partial charge in [0.05, 0.1) is 0 Å². The van der Waals surface area contributed by atoms with Crippen molar-refractivity contribution >= 4 is 21.8 Å². The first-order chi connectivity index (χ1) is 9.02. The van der Waals surface area contributed by atoms with E-state index in [1.807, 2.05) is 13.2 Å². The number of nitrogens with zero attached hydrogens (tertiary/aromatic N) is 2. The fourth-order valence-electron chi connectivity index (χ4n) is 1.44. The van der Waals surface area contributed by atoms with Crippen molar-refractivity contribution in [2.45, 2.75) is 18.5 Å². The summed E-state index contributed by atoms with van der Waals surface area (Å²) in [5.74, 6) is 0.772. The Morgan fingerprint density at radius 2 is 2.16 bits per heavy atom. The minimum Gasteiger partial charge on any atom is -0.313 e. The monoisotopic (exact) mass is 303 g/mol. The molecule has 0 aromatic carbocycles. The van der Waals surface area contributed by atoms with Gasteiger partial charge in [-0.1, -0.05) is 13.0 Å². The molecule has 1 aromatic heterocycles. The van der Waals surface area contributed by atoms with Gasteiger partial charge in [-0.25, -0.2) is 13.4 Å². The van der Waals surface area contributed by atoms with Crippen molar-refractivity contribution in [3.05, 3.63) is 23.9 Å². The number of hydrogen-bond acceptors (Lipinski definition) is 5. The Balaban J connectivity index is 2.78. The maximum atomic E-state index is 12.2. The quantitative estimate of drug-likeness (QED) is 0.781. The molecule has 1 N–H and O–H groups in total. The van der Waals surface area contributed by atoms with Gasteiger partial charge in [-0.3, -0.25) is 0 Å². The van der Waals surface area contributed by atoms with Crippen LogP contribution in [0.3, 0.4) is 0 Å². The van der Waals surface area contributed by atoms with Gasteiger partial charge in [-0.15, -0.1) is 0 Å². The van der Waals surface area contributed by atoms with Crippen molar-refractivity contribution < 1.29 is 8.42 Å². The van der Waals surface area contributed by atoms with Crippen molar-refractivity contribution in [2.75, 3.05) is 32.1 Å². The summed E-state index contributed by atoms with van der Waals surface area (Å²) >= 11 is 1.62. The number of pyridine rings is 1. The molecule has 1 heterocycles. The van der Waals surface area contributed by atoms with Crippen LogP contribution >= 0.6 is 11.8 Å². The number of sulfonamides is 1. The summed E-state index contributed by atoms with van der Waals surface area (Å²) in [6, 6.07) is 3.36. The molecule has 0 saturated heterocycles. The Kier molecular flexibility index (Phi) is 6.78. The molecule has 108 valence electrons. The summed E-state index contributed by atoms with van der Waals surface area (Å²) in [7, 11) is -1.88. The van der Waals surface area contributed by atoms with E-state index >= 15 is 0 Å². The van der Waals surface area contributed by atoms with Gasteiger partial charge in [0, 0.05) is 32.1 Å². The van der Waals surface area contributed by atoms with Crippen molar-refractivity contribution in [1.29, 1.82) is 0 Å². The first-order valence-corrected chi connectivity index (χ1v) is 8.96. The smallest absolute Gasteiger partial charge is 0.260 e. The van der Waals surface area contributed by atoms with Gasteiger partial charge >= 0.3 is 0 Å². The third kappa shape index (κ3) is 4.76. The minimum atomic E-state index is -3.46. The molecule has 0 aliphatic heterocycles. The second-order valence-corrected chi connectivity index (χ2v) is 7.08. The van der Waals surface area contributed by atoms with Crippen LogP contribution in [0.1, 0.15) is 12.5 Å². The number of rotatable bonds is 8. The molecule has 0 aliphatic rings. The summed E-state index contributed by atoms with van der Waals surface area (Å²) in [5, 5.41) is 3.28. The summed E-state index contributed by atoms with van der Waals surface area (Å²) in [6.07, 6.45) is 3.56. The number of thioether (sulfide) groups is 1. The van der Waals surface area contributed by atoms with E-state index < -0.39 is 10.0 Å². The first-order valence-electron chi connectivity index (χ1n) is 6.13. The Labute approximate surface area is 119 Å². The highest BCUT2D eigenvalue weighted by Gasteiger charge is 2.21. The van der Waals surface area contributed by atoms with Crippen LogP contribution in [0.25, 0.3) is 0 Å². The van der Waals surface area contributed by atoms with E-state index in [-0.39, 0.29) is 5.03 Å². The molecule has 0 aliphatic carbocycles. The molecule has 19 heavy (non-hydrogen) atoms.